The maximum absolute atomic E-state index is 2.39. The first-order valence-electron chi connectivity index (χ1n) is 26.1. The van der Waals surface area contributed by atoms with Crippen LogP contribution in [-0.4, -0.2) is 0 Å². The molecule has 0 unspecified atom stereocenters. The molecule has 4 aromatic rings. The van der Waals surface area contributed by atoms with Crippen molar-refractivity contribution >= 4 is 45.3 Å². The molecule has 0 saturated carbocycles. The molecule has 4 heterocycles. The molecule has 0 nitrogen and oxygen atoms in total. The largest absolute Gasteiger partial charge is 0.139 e. The van der Waals surface area contributed by atoms with Crippen molar-refractivity contribution < 1.29 is 0 Å². The van der Waals surface area contributed by atoms with Gasteiger partial charge >= 0.3 is 0 Å². The molecule has 338 valence electrons. The number of aryl methyl sites for hydroxylation is 2. The Morgan fingerprint density at radius 1 is 0.217 bits per heavy atom. The Bertz CT molecular complexity index is 1420. The van der Waals surface area contributed by atoms with Gasteiger partial charge in [0.15, 0.2) is 0 Å². The molecule has 60 heavy (non-hydrogen) atoms. The molecule has 0 amide bonds. The highest BCUT2D eigenvalue weighted by Crippen LogP contribution is 2.43. The molecular formula is C56H90S4. The van der Waals surface area contributed by atoms with Crippen molar-refractivity contribution in [3.05, 3.63) is 58.3 Å². The molecule has 0 fully saturated rings. The van der Waals surface area contributed by atoms with Crippen LogP contribution >= 0.6 is 45.3 Å². The lowest BCUT2D eigenvalue weighted by atomic mass is 10.0. The SMILES string of the molecule is CCCCCCCCCCCCCCCCCCCCc1ccc(-c2ccc(-c3ccc(-c4ccc(CCCCCCCCCCCCCCCCCCCC)s4)s3)s2)s1. The van der Waals surface area contributed by atoms with Crippen molar-refractivity contribution in [1.82, 2.24) is 0 Å². The summed E-state index contributed by atoms with van der Waals surface area (Å²) < 4.78 is 0. The molecule has 0 radical (unpaired) electrons. The second-order valence-corrected chi connectivity index (χ2v) is 22.9. The van der Waals surface area contributed by atoms with Gasteiger partial charge in [0.25, 0.3) is 0 Å². The molecule has 0 aliphatic carbocycles. The van der Waals surface area contributed by atoms with E-state index in [9.17, 15) is 0 Å². The maximum Gasteiger partial charge on any atom is 0.0449 e. The van der Waals surface area contributed by atoms with E-state index in [0.717, 1.165) is 0 Å². The van der Waals surface area contributed by atoms with E-state index in [0.29, 0.717) is 0 Å². The average Bonchev–Trinajstić information content (AvgIpc) is 4.11. The fraction of sp³-hybridized carbons (Fsp3) is 0.714. The summed E-state index contributed by atoms with van der Waals surface area (Å²) >= 11 is 7.99. The van der Waals surface area contributed by atoms with Crippen LogP contribution < -0.4 is 0 Å². The maximum atomic E-state index is 2.39. The predicted octanol–water partition coefficient (Wildman–Crippen LogP) is 22.1. The highest BCUT2D eigenvalue weighted by atomic mass is 32.1. The van der Waals surface area contributed by atoms with Crippen LogP contribution in [0.1, 0.15) is 255 Å². The minimum atomic E-state index is 1.25. The topological polar surface area (TPSA) is 0 Å². The molecule has 0 atom stereocenters. The van der Waals surface area contributed by atoms with Crippen molar-refractivity contribution in [2.24, 2.45) is 0 Å². The zero-order valence-electron chi connectivity index (χ0n) is 39.1. The fourth-order valence-corrected chi connectivity index (χ4v) is 13.3. The summed E-state index contributed by atoms with van der Waals surface area (Å²) in [6.07, 6.45) is 54.4. The van der Waals surface area contributed by atoms with E-state index in [1.165, 1.54) is 273 Å². The lowest BCUT2D eigenvalue weighted by Crippen LogP contribution is -1.85. The zero-order valence-corrected chi connectivity index (χ0v) is 42.4. The molecule has 0 spiro atoms. The summed E-state index contributed by atoms with van der Waals surface area (Å²) in [7, 11) is 0. The molecule has 0 N–H and O–H groups in total. The quantitative estimate of drug-likeness (QED) is 0.0390. The van der Waals surface area contributed by atoms with E-state index >= 15 is 0 Å². The van der Waals surface area contributed by atoms with Gasteiger partial charge in [0, 0.05) is 39.0 Å². The molecule has 0 aliphatic rings. The molecule has 0 aliphatic heterocycles. The van der Waals surface area contributed by atoms with Crippen LogP contribution in [0.3, 0.4) is 0 Å². The Hall–Kier alpha value is -1.20. The third-order valence-electron chi connectivity index (χ3n) is 12.8. The Morgan fingerprint density at radius 2 is 0.400 bits per heavy atom. The van der Waals surface area contributed by atoms with Crippen LogP contribution in [0.15, 0.2) is 48.5 Å². The Labute approximate surface area is 388 Å². The summed E-state index contributed by atoms with van der Waals surface area (Å²) in [5.41, 5.74) is 0. The normalized spacial score (nSPS) is 11.7. The van der Waals surface area contributed by atoms with Crippen LogP contribution in [0.4, 0.5) is 0 Å². The van der Waals surface area contributed by atoms with E-state index in [2.05, 4.69) is 62.4 Å². The number of hydrogen-bond donors (Lipinski definition) is 0. The van der Waals surface area contributed by atoms with Crippen LogP contribution in [-0.2, 0) is 12.8 Å². The van der Waals surface area contributed by atoms with E-state index in [1.54, 1.807) is 9.75 Å². The Balaban J connectivity index is 0.974. The van der Waals surface area contributed by atoms with Gasteiger partial charge in [-0.1, -0.05) is 232 Å². The predicted molar refractivity (Wildman–Crippen MR) is 279 cm³/mol. The molecule has 0 saturated heterocycles. The minimum Gasteiger partial charge on any atom is -0.139 e. The first kappa shape index (κ1) is 51.4. The number of thiophene rings is 4. The van der Waals surface area contributed by atoms with Crippen LogP contribution in [0, 0.1) is 0 Å². The third-order valence-corrected chi connectivity index (χ3v) is 17.9. The van der Waals surface area contributed by atoms with Crippen LogP contribution in [0.25, 0.3) is 29.3 Å². The van der Waals surface area contributed by atoms with Gasteiger partial charge in [-0.3, -0.25) is 0 Å². The van der Waals surface area contributed by atoms with Crippen molar-refractivity contribution in [3.8, 4) is 29.3 Å². The first-order chi connectivity index (χ1) is 29.8. The summed E-state index contributed by atoms with van der Waals surface area (Å²) in [6, 6.07) is 18.9. The van der Waals surface area contributed by atoms with E-state index < -0.39 is 0 Å². The summed E-state index contributed by atoms with van der Waals surface area (Å²) in [5, 5.41) is 0. The summed E-state index contributed by atoms with van der Waals surface area (Å²) in [4.78, 5) is 11.7. The van der Waals surface area contributed by atoms with Crippen LogP contribution in [0.5, 0.6) is 0 Å². The molecule has 4 aromatic heterocycles. The number of hydrogen-bond acceptors (Lipinski definition) is 4. The van der Waals surface area contributed by atoms with Gasteiger partial charge in [0.1, 0.15) is 0 Å². The molecule has 0 aromatic carbocycles. The molecular weight excluding hydrogens is 801 g/mol. The zero-order chi connectivity index (χ0) is 42.0. The fourth-order valence-electron chi connectivity index (χ4n) is 8.90. The summed E-state index contributed by atoms with van der Waals surface area (Å²) in [5.74, 6) is 0. The van der Waals surface area contributed by atoms with E-state index in [1.807, 2.05) is 45.3 Å². The van der Waals surface area contributed by atoms with Gasteiger partial charge < -0.3 is 0 Å². The lowest BCUT2D eigenvalue weighted by molar-refractivity contribution is 0.525. The number of rotatable bonds is 41. The third kappa shape index (κ3) is 23.5. The monoisotopic (exact) mass is 891 g/mol. The van der Waals surface area contributed by atoms with Gasteiger partial charge in [-0.25, -0.2) is 0 Å². The molecule has 0 bridgehead atoms. The van der Waals surface area contributed by atoms with Gasteiger partial charge in [0.05, 0.1) is 0 Å². The smallest absolute Gasteiger partial charge is 0.0449 e. The first-order valence-corrected chi connectivity index (χ1v) is 29.4. The minimum absolute atomic E-state index is 1.25. The van der Waals surface area contributed by atoms with Gasteiger partial charge in [-0.05, 0) is 74.2 Å². The van der Waals surface area contributed by atoms with Gasteiger partial charge in [0.2, 0.25) is 0 Å². The lowest BCUT2D eigenvalue weighted by Gasteiger charge is -2.04. The van der Waals surface area contributed by atoms with Crippen molar-refractivity contribution in [3.63, 3.8) is 0 Å². The molecule has 4 rings (SSSR count). The average molecular weight is 892 g/mol. The second kappa shape index (κ2) is 35.2. The van der Waals surface area contributed by atoms with E-state index in [4.69, 9.17) is 0 Å². The van der Waals surface area contributed by atoms with Crippen LogP contribution in [0.2, 0.25) is 0 Å². The standard InChI is InChI=1S/C56H90S4/c1-3-5-7-9-11-13-15-17-19-21-23-25-27-29-31-33-35-37-39-49-41-43-51(57-49)53-45-47-55(59-53)56-48-46-54(60-56)52-44-42-50(58-52)40-38-36-34-32-30-28-26-24-22-20-18-16-14-12-10-8-6-4-2/h41-48H,3-40H2,1-2H3. The van der Waals surface area contributed by atoms with Gasteiger partial charge in [-0.2, -0.15) is 0 Å². The van der Waals surface area contributed by atoms with E-state index in [-0.39, 0.29) is 0 Å². The van der Waals surface area contributed by atoms with Gasteiger partial charge in [-0.15, -0.1) is 45.3 Å². The van der Waals surface area contributed by atoms with Crippen molar-refractivity contribution in [2.75, 3.05) is 0 Å². The summed E-state index contributed by atoms with van der Waals surface area (Å²) in [6.45, 7) is 4.62. The second-order valence-electron chi connectivity index (χ2n) is 18.4. The highest BCUT2D eigenvalue weighted by Gasteiger charge is 2.12. The highest BCUT2D eigenvalue weighted by molar-refractivity contribution is 7.28. The number of unbranched alkanes of at least 4 members (excludes halogenated alkanes) is 34. The Kier molecular flexibility index (Phi) is 30.2. The Morgan fingerprint density at radius 3 is 0.633 bits per heavy atom. The van der Waals surface area contributed by atoms with Crippen molar-refractivity contribution in [2.45, 2.75) is 258 Å². The molecule has 4 heteroatoms. The van der Waals surface area contributed by atoms with Crippen molar-refractivity contribution in [1.29, 1.82) is 0 Å².